The second kappa shape index (κ2) is 4.19. The zero-order valence-corrected chi connectivity index (χ0v) is 14.5. The van der Waals surface area contributed by atoms with Gasteiger partial charge in [0.05, 0.1) is 0 Å². The molecule has 0 nitrogen and oxygen atoms in total. The Morgan fingerprint density at radius 1 is 0.571 bits per heavy atom. The number of rotatable bonds is 0. The molecule has 8 saturated carbocycles. The van der Waals surface area contributed by atoms with Gasteiger partial charge in [0.25, 0.3) is 0 Å². The Labute approximate surface area is 137 Å². The number of hydrogen-bond acceptors (Lipinski definition) is 0. The predicted molar refractivity (Wildman–Crippen MR) is 89.2 cm³/mol. The molecule has 0 amide bonds. The highest BCUT2D eigenvalue weighted by atomic mass is 79.9. The lowest BCUT2D eigenvalue weighted by Crippen LogP contribution is -2.50. The molecule has 21 heavy (non-hydrogen) atoms. The van der Waals surface area contributed by atoms with E-state index in [-0.39, 0.29) is 0 Å². The van der Waals surface area contributed by atoms with Crippen LogP contribution in [0, 0.1) is 47.3 Å². The van der Waals surface area contributed by atoms with E-state index in [2.05, 4.69) is 27.1 Å². The molecule has 0 saturated heterocycles. The molecule has 0 spiro atoms. The minimum atomic E-state index is 0.838. The molecule has 114 valence electrons. The summed E-state index contributed by atoms with van der Waals surface area (Å²) in [7, 11) is 0. The first-order valence-electron chi connectivity index (χ1n) is 9.64. The fourth-order valence-corrected chi connectivity index (χ4v) is 9.16. The zero-order chi connectivity index (χ0) is 13.7. The van der Waals surface area contributed by atoms with Crippen molar-refractivity contribution >= 4 is 15.9 Å². The Hall–Kier alpha value is 0.220. The van der Waals surface area contributed by atoms with Crippen LogP contribution in [0.2, 0.25) is 0 Å². The first-order chi connectivity index (χ1) is 10.3. The molecule has 0 aromatic carbocycles. The van der Waals surface area contributed by atoms with Crippen LogP contribution >= 0.6 is 15.9 Å². The van der Waals surface area contributed by atoms with Crippen LogP contribution < -0.4 is 0 Å². The third-order valence-corrected chi connectivity index (χ3v) is 9.84. The van der Waals surface area contributed by atoms with Crippen molar-refractivity contribution in [2.24, 2.45) is 47.3 Å². The minimum absolute atomic E-state index is 0.838. The largest absolute Gasteiger partial charge is 0.0881 e. The third-order valence-electron chi connectivity index (χ3n) is 8.45. The van der Waals surface area contributed by atoms with Gasteiger partial charge in [-0.3, -0.25) is 0 Å². The number of alkyl halides is 1. The SMILES string of the molecule is BrC1[C@@H]2C[C@H]3C[C@@H](C2)C(=C2C4CC5CC(C4)CC2C5)[C@@H]1C3. The maximum absolute atomic E-state index is 4.15. The van der Waals surface area contributed by atoms with E-state index in [1.54, 1.807) is 44.9 Å². The van der Waals surface area contributed by atoms with Crippen LogP contribution in [0.4, 0.5) is 0 Å². The molecule has 0 aromatic rings. The molecule has 0 radical (unpaired) electrons. The summed E-state index contributed by atoms with van der Waals surface area (Å²) in [6, 6.07) is 0. The highest BCUT2D eigenvalue weighted by Gasteiger charge is 2.54. The monoisotopic (exact) mass is 346 g/mol. The molecule has 0 aliphatic heterocycles. The van der Waals surface area contributed by atoms with Crippen molar-refractivity contribution in [1.82, 2.24) is 0 Å². The average molecular weight is 347 g/mol. The molecule has 0 heterocycles. The van der Waals surface area contributed by atoms with Gasteiger partial charge in [-0.2, -0.15) is 0 Å². The Morgan fingerprint density at radius 3 is 1.81 bits per heavy atom. The Bertz CT molecular complexity index is 488. The van der Waals surface area contributed by atoms with Crippen molar-refractivity contribution in [3.05, 3.63) is 11.1 Å². The van der Waals surface area contributed by atoms with Gasteiger partial charge in [-0.1, -0.05) is 27.1 Å². The van der Waals surface area contributed by atoms with E-state index in [0.717, 1.165) is 52.2 Å². The van der Waals surface area contributed by atoms with Gasteiger partial charge in [-0.15, -0.1) is 0 Å². The topological polar surface area (TPSA) is 0 Å². The van der Waals surface area contributed by atoms with Crippen LogP contribution in [-0.4, -0.2) is 4.83 Å². The summed E-state index contributed by atoms with van der Waals surface area (Å²) in [4.78, 5) is 0.838. The van der Waals surface area contributed by atoms with Crippen molar-refractivity contribution in [3.63, 3.8) is 0 Å². The van der Waals surface area contributed by atoms with Gasteiger partial charge in [0.2, 0.25) is 0 Å². The van der Waals surface area contributed by atoms with E-state index < -0.39 is 0 Å². The highest BCUT2D eigenvalue weighted by Crippen LogP contribution is 2.64. The standard InChI is InChI=1S/C20H27Br/c21-20-16-7-12-6-15(9-16)19(17(20)8-12)18-13-2-10-1-11(4-13)5-14(18)3-10/h10-17,20H,1-9H2/t10?,11?,12-,13?,14?,15+,16-,17+,20?/m1/s1. The van der Waals surface area contributed by atoms with Crippen molar-refractivity contribution in [1.29, 1.82) is 0 Å². The number of hydrogen-bond donors (Lipinski definition) is 0. The molecule has 8 rings (SSSR count). The van der Waals surface area contributed by atoms with E-state index in [9.17, 15) is 0 Å². The van der Waals surface area contributed by atoms with Crippen LogP contribution in [0.3, 0.4) is 0 Å². The summed E-state index contributed by atoms with van der Waals surface area (Å²) < 4.78 is 0. The second-order valence-electron chi connectivity index (χ2n) is 9.53. The maximum atomic E-state index is 4.15. The molecule has 1 heteroatoms. The van der Waals surface area contributed by atoms with Gasteiger partial charge in [0.15, 0.2) is 0 Å². The van der Waals surface area contributed by atoms with Crippen molar-refractivity contribution in [3.8, 4) is 0 Å². The van der Waals surface area contributed by atoms with Crippen molar-refractivity contribution in [2.45, 2.75) is 62.6 Å². The fourth-order valence-electron chi connectivity index (χ4n) is 8.22. The molecule has 8 aliphatic rings. The Balaban J connectivity index is 1.47. The van der Waals surface area contributed by atoms with E-state index in [1.165, 1.54) is 12.8 Å². The number of halogens is 1. The summed E-state index contributed by atoms with van der Waals surface area (Å²) in [6.45, 7) is 0. The zero-order valence-electron chi connectivity index (χ0n) is 12.9. The predicted octanol–water partition coefficient (Wildman–Crippen LogP) is 5.57. The van der Waals surface area contributed by atoms with E-state index in [0.29, 0.717) is 0 Å². The second-order valence-corrected chi connectivity index (χ2v) is 10.6. The summed E-state index contributed by atoms with van der Waals surface area (Å²) in [6.07, 6.45) is 14.1. The van der Waals surface area contributed by atoms with Gasteiger partial charge in [-0.25, -0.2) is 0 Å². The van der Waals surface area contributed by atoms with Crippen LogP contribution in [-0.2, 0) is 0 Å². The van der Waals surface area contributed by atoms with Crippen molar-refractivity contribution < 1.29 is 0 Å². The molecule has 8 bridgehead atoms. The summed E-state index contributed by atoms with van der Waals surface area (Å²) in [5, 5.41) is 0. The lowest BCUT2D eigenvalue weighted by molar-refractivity contribution is 0.0458. The molecular weight excluding hydrogens is 320 g/mol. The Kier molecular flexibility index (Phi) is 2.52. The molecule has 8 fully saturated rings. The average Bonchev–Trinajstić information content (AvgIpc) is 2.45. The number of allylic oxidation sites excluding steroid dienone is 2. The molecule has 8 aliphatic carbocycles. The minimum Gasteiger partial charge on any atom is -0.0881 e. The third kappa shape index (κ3) is 1.63. The fraction of sp³-hybridized carbons (Fsp3) is 0.900. The van der Waals surface area contributed by atoms with Crippen LogP contribution in [0.5, 0.6) is 0 Å². The summed E-state index contributed by atoms with van der Waals surface area (Å²) in [5.74, 6) is 8.40. The lowest BCUT2D eigenvalue weighted by Gasteiger charge is -2.59. The van der Waals surface area contributed by atoms with Crippen LogP contribution in [0.25, 0.3) is 0 Å². The van der Waals surface area contributed by atoms with E-state index in [1.807, 2.05) is 0 Å². The van der Waals surface area contributed by atoms with Crippen LogP contribution in [0.1, 0.15) is 57.8 Å². The summed E-state index contributed by atoms with van der Waals surface area (Å²) >= 11 is 4.15. The van der Waals surface area contributed by atoms with Gasteiger partial charge >= 0.3 is 0 Å². The molecule has 0 N–H and O–H groups in total. The van der Waals surface area contributed by atoms with E-state index >= 15 is 0 Å². The molecule has 0 aromatic heterocycles. The lowest BCUT2D eigenvalue weighted by atomic mass is 9.48. The maximum Gasteiger partial charge on any atom is 0.0240 e. The molecular formula is C20H27Br. The summed E-state index contributed by atoms with van der Waals surface area (Å²) in [5.41, 5.74) is 4.12. The van der Waals surface area contributed by atoms with Gasteiger partial charge < -0.3 is 0 Å². The van der Waals surface area contributed by atoms with Gasteiger partial charge in [-0.05, 0) is 105 Å². The smallest absolute Gasteiger partial charge is 0.0240 e. The first-order valence-corrected chi connectivity index (χ1v) is 10.6. The van der Waals surface area contributed by atoms with Crippen LogP contribution in [0.15, 0.2) is 11.1 Å². The molecule has 5 atom stereocenters. The highest BCUT2D eigenvalue weighted by molar-refractivity contribution is 9.09. The van der Waals surface area contributed by atoms with Gasteiger partial charge in [0, 0.05) is 4.83 Å². The molecule has 1 unspecified atom stereocenters. The van der Waals surface area contributed by atoms with E-state index in [4.69, 9.17) is 0 Å². The normalized spacial score (nSPS) is 60.1. The quantitative estimate of drug-likeness (QED) is 0.397. The van der Waals surface area contributed by atoms with Gasteiger partial charge in [0.1, 0.15) is 0 Å². The first kappa shape index (κ1) is 12.6. The van der Waals surface area contributed by atoms with Crippen molar-refractivity contribution in [2.75, 3.05) is 0 Å². The Morgan fingerprint density at radius 2 is 1.14 bits per heavy atom.